The molecule has 0 unspecified atom stereocenters. The first-order chi connectivity index (χ1) is 8.11. The number of carboxylic acids is 1. The van der Waals surface area contributed by atoms with Gasteiger partial charge >= 0.3 is 5.97 Å². The van der Waals surface area contributed by atoms with E-state index in [1.54, 1.807) is 12.1 Å². The van der Waals surface area contributed by atoms with Crippen LogP contribution in [0.1, 0.15) is 26.4 Å². The van der Waals surface area contributed by atoms with Crippen LogP contribution in [0.15, 0.2) is 24.3 Å². The molecule has 0 aliphatic rings. The van der Waals surface area contributed by atoms with Gasteiger partial charge in [-0.25, -0.2) is 4.79 Å². The number of carbonyl (C=O) groups is 2. The summed E-state index contributed by atoms with van der Waals surface area (Å²) in [5.41, 5.74) is 2.52. The van der Waals surface area contributed by atoms with Crippen molar-refractivity contribution in [1.29, 1.82) is 0 Å². The minimum Gasteiger partial charge on any atom is -0.477 e. The largest absolute Gasteiger partial charge is 0.477 e. The molecule has 0 aliphatic heterocycles. The van der Waals surface area contributed by atoms with E-state index in [1.165, 1.54) is 6.07 Å². The number of carbonyl (C=O) groups excluding carboxylic acids is 1. The van der Waals surface area contributed by atoms with Crippen LogP contribution < -0.4 is 0 Å². The van der Waals surface area contributed by atoms with Crippen LogP contribution >= 0.6 is 0 Å². The van der Waals surface area contributed by atoms with Crippen LogP contribution in [0, 0.1) is 6.92 Å². The molecule has 0 bridgehead atoms. The summed E-state index contributed by atoms with van der Waals surface area (Å²) in [5.74, 6) is -1.08. The molecule has 0 atom stereocenters. The number of H-pyrrole nitrogens is 1. The van der Waals surface area contributed by atoms with E-state index in [4.69, 9.17) is 5.11 Å². The molecular formula is C12H10N2O3. The maximum absolute atomic E-state index is 10.9. The van der Waals surface area contributed by atoms with E-state index < -0.39 is 5.97 Å². The van der Waals surface area contributed by atoms with E-state index in [9.17, 15) is 9.59 Å². The van der Waals surface area contributed by atoms with Crippen molar-refractivity contribution in [2.24, 2.45) is 0 Å². The molecule has 0 saturated carbocycles. The van der Waals surface area contributed by atoms with Gasteiger partial charge in [0.2, 0.25) is 0 Å². The normalized spacial score (nSPS) is 10.2. The maximum Gasteiger partial charge on any atom is 0.353 e. The Balaban J connectivity index is 2.52. The van der Waals surface area contributed by atoms with E-state index >= 15 is 0 Å². The fourth-order valence-corrected chi connectivity index (χ4v) is 1.58. The summed E-state index contributed by atoms with van der Waals surface area (Å²) in [6, 6.07) is 6.73. The van der Waals surface area contributed by atoms with E-state index in [0.717, 1.165) is 11.8 Å². The molecule has 5 heteroatoms. The molecule has 0 amide bonds. The van der Waals surface area contributed by atoms with Crippen molar-refractivity contribution in [3.63, 3.8) is 0 Å². The molecule has 0 aliphatic carbocycles. The molecule has 0 radical (unpaired) electrons. The van der Waals surface area contributed by atoms with Crippen LogP contribution in [0.2, 0.25) is 0 Å². The first-order valence-corrected chi connectivity index (χ1v) is 4.96. The Morgan fingerprint density at radius 2 is 2.18 bits per heavy atom. The minimum absolute atomic E-state index is 0.00239. The number of aldehydes is 1. The summed E-state index contributed by atoms with van der Waals surface area (Å²) < 4.78 is 0. The zero-order chi connectivity index (χ0) is 12.4. The monoisotopic (exact) mass is 230 g/mol. The van der Waals surface area contributed by atoms with Gasteiger partial charge in [-0.05, 0) is 19.1 Å². The zero-order valence-corrected chi connectivity index (χ0v) is 9.10. The molecule has 5 nitrogen and oxygen atoms in total. The summed E-state index contributed by atoms with van der Waals surface area (Å²) in [7, 11) is 0. The van der Waals surface area contributed by atoms with Gasteiger partial charge in [0.15, 0.2) is 6.29 Å². The quantitative estimate of drug-likeness (QED) is 0.789. The highest BCUT2D eigenvalue weighted by Gasteiger charge is 2.12. The standard InChI is InChI=1S/C12H10N2O3/c1-7-2-3-9(8(4-7)6-15)10-5-11(12(16)17)14-13-10/h2-6H,1H3,(H,13,14)(H,16,17). The van der Waals surface area contributed by atoms with Gasteiger partial charge in [0.1, 0.15) is 5.69 Å². The second-order valence-electron chi connectivity index (χ2n) is 3.68. The summed E-state index contributed by atoms with van der Waals surface area (Å²) >= 11 is 0. The molecule has 0 saturated heterocycles. The highest BCUT2D eigenvalue weighted by Crippen LogP contribution is 2.22. The van der Waals surface area contributed by atoms with E-state index in [0.29, 0.717) is 16.8 Å². The minimum atomic E-state index is -1.08. The van der Waals surface area contributed by atoms with Crippen molar-refractivity contribution in [2.75, 3.05) is 0 Å². The number of aryl methyl sites for hydroxylation is 1. The Morgan fingerprint density at radius 1 is 1.41 bits per heavy atom. The van der Waals surface area contributed by atoms with Gasteiger partial charge in [-0.1, -0.05) is 17.7 Å². The Morgan fingerprint density at radius 3 is 2.76 bits per heavy atom. The first-order valence-electron chi connectivity index (χ1n) is 4.96. The summed E-state index contributed by atoms with van der Waals surface area (Å²) in [4.78, 5) is 21.7. The number of benzene rings is 1. The van der Waals surface area contributed by atoms with Crippen molar-refractivity contribution in [1.82, 2.24) is 10.2 Å². The second kappa shape index (κ2) is 4.21. The Kier molecular flexibility index (Phi) is 2.74. The molecular weight excluding hydrogens is 220 g/mol. The predicted octanol–water partition coefficient (Wildman–Crippen LogP) is 1.90. The number of aromatic nitrogens is 2. The number of nitrogens with one attached hydrogen (secondary N) is 1. The third-order valence-electron chi connectivity index (χ3n) is 2.42. The van der Waals surface area contributed by atoms with Crippen LogP contribution in [0.3, 0.4) is 0 Å². The van der Waals surface area contributed by atoms with Crippen molar-refractivity contribution in [2.45, 2.75) is 6.92 Å². The SMILES string of the molecule is Cc1ccc(-c2cc(C(=O)O)[nH]n2)c(C=O)c1. The smallest absolute Gasteiger partial charge is 0.353 e. The molecule has 86 valence electrons. The van der Waals surface area contributed by atoms with Crippen LogP contribution in [0.25, 0.3) is 11.3 Å². The number of rotatable bonds is 3. The highest BCUT2D eigenvalue weighted by atomic mass is 16.4. The molecule has 0 spiro atoms. The third-order valence-corrected chi connectivity index (χ3v) is 2.42. The van der Waals surface area contributed by atoms with Crippen LogP contribution in [0.5, 0.6) is 0 Å². The first kappa shape index (κ1) is 11.1. The van der Waals surface area contributed by atoms with Gasteiger partial charge in [-0.15, -0.1) is 0 Å². The Labute approximate surface area is 97.1 Å². The number of nitrogens with zero attached hydrogens (tertiary/aromatic N) is 1. The lowest BCUT2D eigenvalue weighted by Crippen LogP contribution is -1.95. The lowest BCUT2D eigenvalue weighted by molar-refractivity contribution is 0.0690. The fourth-order valence-electron chi connectivity index (χ4n) is 1.58. The van der Waals surface area contributed by atoms with Gasteiger partial charge in [0, 0.05) is 11.1 Å². The molecule has 1 heterocycles. The summed E-state index contributed by atoms with van der Waals surface area (Å²) in [5, 5.41) is 15.1. The van der Waals surface area contributed by atoms with Crippen molar-refractivity contribution in [3.8, 4) is 11.3 Å². The van der Waals surface area contributed by atoms with Crippen LogP contribution in [-0.2, 0) is 0 Å². The topological polar surface area (TPSA) is 83.0 Å². The summed E-state index contributed by atoms with van der Waals surface area (Å²) in [6.07, 6.45) is 0.734. The Bertz CT molecular complexity index is 587. The van der Waals surface area contributed by atoms with Crippen molar-refractivity contribution in [3.05, 3.63) is 41.1 Å². The third kappa shape index (κ3) is 2.08. The molecule has 2 N–H and O–H groups in total. The van der Waals surface area contributed by atoms with Crippen LogP contribution in [-0.4, -0.2) is 27.6 Å². The highest BCUT2D eigenvalue weighted by molar-refractivity contribution is 5.90. The number of hydrogen-bond donors (Lipinski definition) is 2. The predicted molar refractivity (Wildman–Crippen MR) is 61.1 cm³/mol. The Hall–Kier alpha value is -2.43. The van der Waals surface area contributed by atoms with Crippen LogP contribution in [0.4, 0.5) is 0 Å². The van der Waals surface area contributed by atoms with Gasteiger partial charge in [0.05, 0.1) is 5.69 Å². The number of aromatic amines is 1. The summed E-state index contributed by atoms with van der Waals surface area (Å²) in [6.45, 7) is 1.88. The molecule has 0 fully saturated rings. The molecule has 1 aromatic heterocycles. The van der Waals surface area contributed by atoms with E-state index in [-0.39, 0.29) is 5.69 Å². The van der Waals surface area contributed by atoms with E-state index in [2.05, 4.69) is 10.2 Å². The molecule has 2 rings (SSSR count). The lowest BCUT2D eigenvalue weighted by Gasteiger charge is -2.01. The average Bonchev–Trinajstić information content (AvgIpc) is 2.78. The van der Waals surface area contributed by atoms with Gasteiger partial charge in [-0.2, -0.15) is 5.10 Å². The zero-order valence-electron chi connectivity index (χ0n) is 9.10. The van der Waals surface area contributed by atoms with Gasteiger partial charge < -0.3 is 5.11 Å². The van der Waals surface area contributed by atoms with Crippen molar-refractivity contribution < 1.29 is 14.7 Å². The van der Waals surface area contributed by atoms with Gasteiger partial charge in [-0.3, -0.25) is 9.89 Å². The average molecular weight is 230 g/mol. The number of hydrogen-bond acceptors (Lipinski definition) is 3. The second-order valence-corrected chi connectivity index (χ2v) is 3.68. The number of aromatic carboxylic acids is 1. The number of carboxylic acid groups (broad SMARTS) is 1. The van der Waals surface area contributed by atoms with E-state index in [1.807, 2.05) is 13.0 Å². The lowest BCUT2D eigenvalue weighted by atomic mass is 10.0. The molecule has 17 heavy (non-hydrogen) atoms. The van der Waals surface area contributed by atoms with Crippen molar-refractivity contribution >= 4 is 12.3 Å². The molecule has 2 aromatic rings. The maximum atomic E-state index is 10.9. The fraction of sp³-hybridized carbons (Fsp3) is 0.0833. The molecule has 1 aromatic carbocycles. The van der Waals surface area contributed by atoms with Gasteiger partial charge in [0.25, 0.3) is 0 Å².